The second kappa shape index (κ2) is 12.3. The number of hydrogen-bond acceptors (Lipinski definition) is 7. The normalized spacial score (nSPS) is 15.8. The second-order valence-electron chi connectivity index (χ2n) is 7.25. The van der Waals surface area contributed by atoms with E-state index in [0.29, 0.717) is 46.9 Å². The highest BCUT2D eigenvalue weighted by atomic mass is 127. The zero-order chi connectivity index (χ0) is 24.7. The second-order valence-corrected chi connectivity index (χ2v) is 9.42. The molecule has 1 fully saturated rings. The van der Waals surface area contributed by atoms with Gasteiger partial charge in [0.2, 0.25) is 0 Å². The molecule has 0 saturated carbocycles. The Morgan fingerprint density at radius 3 is 2.65 bits per heavy atom. The highest BCUT2D eigenvalue weighted by Crippen LogP contribution is 2.38. The van der Waals surface area contributed by atoms with Crippen LogP contribution in [0.1, 0.15) is 43.1 Å². The third-order valence-electron chi connectivity index (χ3n) is 4.67. The molecule has 1 amide bonds. The Labute approximate surface area is 217 Å². The lowest BCUT2D eigenvalue weighted by atomic mass is 10.2. The van der Waals surface area contributed by atoms with Gasteiger partial charge in [-0.15, -0.1) is 0 Å². The predicted molar refractivity (Wildman–Crippen MR) is 144 cm³/mol. The summed E-state index contributed by atoms with van der Waals surface area (Å²) in [6, 6.07) is 10.7. The number of benzene rings is 2. The van der Waals surface area contributed by atoms with E-state index in [-0.39, 0.29) is 5.91 Å². The van der Waals surface area contributed by atoms with Crippen LogP contribution in [0.25, 0.3) is 6.08 Å². The van der Waals surface area contributed by atoms with Crippen LogP contribution in [0.4, 0.5) is 5.69 Å². The highest BCUT2D eigenvalue weighted by Gasteiger charge is 2.30. The lowest BCUT2D eigenvalue weighted by molar-refractivity contribution is -0.121. The van der Waals surface area contributed by atoms with Gasteiger partial charge in [-0.1, -0.05) is 13.0 Å². The SMILES string of the molecule is CCCOc1c(I)cc(C=C2SC(=Nc3cccc(C(=O)OCC)c3)N(C)C2=O)cc1OCC. The number of likely N-dealkylation sites (N-methyl/N-ethyl adjacent to an activating group) is 1. The van der Waals surface area contributed by atoms with Gasteiger partial charge in [-0.05, 0) is 96.6 Å². The van der Waals surface area contributed by atoms with E-state index in [4.69, 9.17) is 14.2 Å². The van der Waals surface area contributed by atoms with Gasteiger partial charge in [-0.25, -0.2) is 9.79 Å². The number of amidine groups is 1. The molecule has 1 saturated heterocycles. The van der Waals surface area contributed by atoms with Crippen molar-refractivity contribution in [3.63, 3.8) is 0 Å². The van der Waals surface area contributed by atoms with Crippen molar-refractivity contribution in [1.29, 1.82) is 0 Å². The lowest BCUT2D eigenvalue weighted by Gasteiger charge is -2.14. The fraction of sp³-hybridized carbons (Fsp3) is 0.320. The van der Waals surface area contributed by atoms with Crippen LogP contribution in [-0.4, -0.2) is 48.8 Å². The van der Waals surface area contributed by atoms with Gasteiger partial charge in [0, 0.05) is 7.05 Å². The van der Waals surface area contributed by atoms with Crippen molar-refractivity contribution in [3.05, 3.63) is 56.0 Å². The fourth-order valence-electron chi connectivity index (χ4n) is 3.11. The molecule has 0 aromatic heterocycles. The van der Waals surface area contributed by atoms with E-state index in [9.17, 15) is 9.59 Å². The molecular formula is C25H27IN2O5S. The third-order valence-corrected chi connectivity index (χ3v) is 6.53. The number of aliphatic imine (C=N–C) groups is 1. The molecule has 9 heteroatoms. The zero-order valence-electron chi connectivity index (χ0n) is 19.6. The Morgan fingerprint density at radius 2 is 1.94 bits per heavy atom. The van der Waals surface area contributed by atoms with Crippen LogP contribution in [0.2, 0.25) is 0 Å². The number of hydrogen-bond donors (Lipinski definition) is 0. The van der Waals surface area contributed by atoms with Gasteiger partial charge in [-0.3, -0.25) is 9.69 Å². The van der Waals surface area contributed by atoms with Gasteiger partial charge in [0.15, 0.2) is 16.7 Å². The van der Waals surface area contributed by atoms with E-state index in [2.05, 4.69) is 34.5 Å². The Hall–Kier alpha value is -2.53. The highest BCUT2D eigenvalue weighted by molar-refractivity contribution is 14.1. The first-order valence-electron chi connectivity index (χ1n) is 11.0. The summed E-state index contributed by atoms with van der Waals surface area (Å²) in [4.78, 5) is 31.6. The van der Waals surface area contributed by atoms with Crippen LogP contribution in [0.15, 0.2) is 46.3 Å². The molecule has 1 aliphatic rings. The Balaban J connectivity index is 1.89. The van der Waals surface area contributed by atoms with E-state index in [1.807, 2.05) is 25.1 Å². The van der Waals surface area contributed by atoms with E-state index >= 15 is 0 Å². The number of esters is 1. The molecule has 0 aliphatic carbocycles. The van der Waals surface area contributed by atoms with E-state index < -0.39 is 5.97 Å². The molecule has 1 aliphatic heterocycles. The molecule has 0 radical (unpaired) electrons. The predicted octanol–water partition coefficient (Wildman–Crippen LogP) is 5.89. The van der Waals surface area contributed by atoms with E-state index in [0.717, 1.165) is 21.3 Å². The van der Waals surface area contributed by atoms with Crippen LogP contribution < -0.4 is 9.47 Å². The third kappa shape index (κ3) is 6.32. The van der Waals surface area contributed by atoms with Crippen LogP contribution in [0.3, 0.4) is 0 Å². The first-order chi connectivity index (χ1) is 16.4. The monoisotopic (exact) mass is 594 g/mol. The Kier molecular flexibility index (Phi) is 9.40. The summed E-state index contributed by atoms with van der Waals surface area (Å²) in [6.45, 7) is 7.15. The van der Waals surface area contributed by atoms with Gasteiger partial charge in [0.25, 0.3) is 5.91 Å². The van der Waals surface area contributed by atoms with Crippen molar-refractivity contribution in [3.8, 4) is 11.5 Å². The molecule has 180 valence electrons. The Morgan fingerprint density at radius 1 is 1.15 bits per heavy atom. The molecule has 0 unspecified atom stereocenters. The smallest absolute Gasteiger partial charge is 0.338 e. The van der Waals surface area contributed by atoms with Crippen LogP contribution in [0, 0.1) is 3.57 Å². The molecule has 0 atom stereocenters. The summed E-state index contributed by atoms with van der Waals surface area (Å²) in [7, 11) is 1.68. The first kappa shape index (κ1) is 26.1. The molecule has 2 aromatic rings. The summed E-state index contributed by atoms with van der Waals surface area (Å²) in [6.07, 6.45) is 2.73. The molecule has 0 N–H and O–H groups in total. The molecular weight excluding hydrogens is 567 g/mol. The number of carbonyl (C=O) groups is 2. The quantitative estimate of drug-likeness (QED) is 0.205. The van der Waals surface area contributed by atoms with Gasteiger partial charge in [-0.2, -0.15) is 0 Å². The number of amides is 1. The van der Waals surface area contributed by atoms with Crippen molar-refractivity contribution in [2.24, 2.45) is 4.99 Å². The lowest BCUT2D eigenvalue weighted by Crippen LogP contribution is -2.23. The van der Waals surface area contributed by atoms with Crippen LogP contribution in [0.5, 0.6) is 11.5 Å². The molecule has 34 heavy (non-hydrogen) atoms. The van der Waals surface area contributed by atoms with E-state index in [1.165, 1.54) is 16.7 Å². The minimum atomic E-state index is -0.403. The standard InChI is InChI=1S/C25H27IN2O5S/c1-5-11-33-22-19(26)12-16(13-20(22)31-6-2)14-21-23(29)28(4)25(34-21)27-18-10-8-9-17(15-18)24(30)32-7-3/h8-10,12-15H,5-7,11H2,1-4H3. The molecule has 2 aromatic carbocycles. The topological polar surface area (TPSA) is 77.4 Å². The van der Waals surface area contributed by atoms with Crippen molar-refractivity contribution in [1.82, 2.24) is 4.90 Å². The van der Waals surface area contributed by atoms with E-state index in [1.54, 1.807) is 38.2 Å². The number of nitrogens with zero attached hydrogens (tertiary/aromatic N) is 2. The summed E-state index contributed by atoms with van der Waals surface area (Å²) in [5.41, 5.74) is 1.82. The summed E-state index contributed by atoms with van der Waals surface area (Å²) < 4.78 is 17.6. The molecule has 0 bridgehead atoms. The minimum Gasteiger partial charge on any atom is -0.490 e. The van der Waals surface area contributed by atoms with Gasteiger partial charge in [0.05, 0.1) is 39.5 Å². The number of rotatable bonds is 9. The van der Waals surface area contributed by atoms with Gasteiger partial charge >= 0.3 is 5.97 Å². The van der Waals surface area contributed by atoms with Crippen molar-refractivity contribution >= 4 is 63.2 Å². The summed E-state index contributed by atoms with van der Waals surface area (Å²) >= 11 is 3.50. The number of halogens is 1. The summed E-state index contributed by atoms with van der Waals surface area (Å²) in [5, 5.41) is 0.528. The first-order valence-corrected chi connectivity index (χ1v) is 12.9. The average Bonchev–Trinajstić information content (AvgIpc) is 3.07. The zero-order valence-corrected chi connectivity index (χ0v) is 22.6. The maximum absolute atomic E-state index is 12.9. The molecule has 1 heterocycles. The summed E-state index contributed by atoms with van der Waals surface area (Å²) in [5.74, 6) is 0.824. The number of ether oxygens (including phenoxy) is 3. The molecule has 7 nitrogen and oxygen atoms in total. The van der Waals surface area contributed by atoms with Crippen LogP contribution >= 0.6 is 34.4 Å². The molecule has 3 rings (SSSR count). The maximum atomic E-state index is 12.9. The Bertz CT molecular complexity index is 1130. The molecule has 0 spiro atoms. The van der Waals surface area contributed by atoms with Gasteiger partial charge in [0.1, 0.15) is 0 Å². The van der Waals surface area contributed by atoms with Gasteiger partial charge < -0.3 is 14.2 Å². The van der Waals surface area contributed by atoms with Crippen molar-refractivity contribution in [2.45, 2.75) is 27.2 Å². The number of carbonyl (C=O) groups excluding carboxylic acids is 2. The van der Waals surface area contributed by atoms with Crippen molar-refractivity contribution in [2.75, 3.05) is 26.9 Å². The fourth-order valence-corrected chi connectivity index (χ4v) is 4.88. The van der Waals surface area contributed by atoms with Crippen LogP contribution in [-0.2, 0) is 9.53 Å². The largest absolute Gasteiger partial charge is 0.490 e. The average molecular weight is 594 g/mol. The number of thioether (sulfide) groups is 1. The maximum Gasteiger partial charge on any atom is 0.338 e. The van der Waals surface area contributed by atoms with Crippen molar-refractivity contribution < 1.29 is 23.8 Å². The minimum absolute atomic E-state index is 0.149.